The highest BCUT2D eigenvalue weighted by atomic mass is 16.6. The fraction of sp³-hybridized carbons (Fsp3) is 0.0870. The van der Waals surface area contributed by atoms with E-state index < -0.39 is 10.8 Å². The number of carbonyl (C=O) groups excluding carboxylic acids is 1. The van der Waals surface area contributed by atoms with Gasteiger partial charge in [-0.15, -0.1) is 0 Å². The Kier molecular flexibility index (Phi) is 6.57. The van der Waals surface area contributed by atoms with Gasteiger partial charge in [0.05, 0.1) is 17.4 Å². The molecule has 0 aliphatic heterocycles. The minimum Gasteiger partial charge on any atom is -0.457 e. The predicted molar refractivity (Wildman–Crippen MR) is 113 cm³/mol. The molecule has 0 radical (unpaired) electrons. The first-order valence-electron chi connectivity index (χ1n) is 9.24. The van der Waals surface area contributed by atoms with Crippen LogP contribution in [0.1, 0.15) is 12.2 Å². The highest BCUT2D eigenvalue weighted by molar-refractivity contribution is 6.11. The maximum Gasteiger partial charge on any atom is 0.270 e. The third-order valence-electron chi connectivity index (χ3n) is 4.37. The number of furan rings is 1. The van der Waals surface area contributed by atoms with Crippen molar-refractivity contribution in [1.29, 1.82) is 10.5 Å². The van der Waals surface area contributed by atoms with Crippen LogP contribution in [0.3, 0.4) is 0 Å². The van der Waals surface area contributed by atoms with Gasteiger partial charge in [-0.1, -0.05) is 30.3 Å². The number of rotatable bonds is 7. The fourth-order valence-electron chi connectivity index (χ4n) is 2.91. The Balaban J connectivity index is 1.90. The molecule has 8 heteroatoms. The summed E-state index contributed by atoms with van der Waals surface area (Å²) in [7, 11) is 0. The first-order valence-corrected chi connectivity index (χ1v) is 9.24. The van der Waals surface area contributed by atoms with Gasteiger partial charge in [-0.2, -0.15) is 10.5 Å². The van der Waals surface area contributed by atoms with Crippen molar-refractivity contribution < 1.29 is 14.1 Å². The summed E-state index contributed by atoms with van der Waals surface area (Å²) in [6, 6.07) is 21.8. The molecule has 0 aliphatic rings. The molecule has 0 unspecified atom stereocenters. The highest BCUT2D eigenvalue weighted by Crippen LogP contribution is 2.27. The number of carbonyl (C=O) groups is 1. The van der Waals surface area contributed by atoms with E-state index in [4.69, 9.17) is 9.68 Å². The van der Waals surface area contributed by atoms with Crippen molar-refractivity contribution in [2.75, 3.05) is 11.4 Å². The monoisotopic (exact) mass is 412 g/mol. The quantitative estimate of drug-likeness (QED) is 0.239. The van der Waals surface area contributed by atoms with Crippen LogP contribution in [0, 0.1) is 32.8 Å². The molecule has 1 aromatic heterocycles. The summed E-state index contributed by atoms with van der Waals surface area (Å²) >= 11 is 0. The topological polar surface area (TPSA) is 124 Å². The first kappa shape index (κ1) is 21.0. The second kappa shape index (κ2) is 9.68. The van der Waals surface area contributed by atoms with Crippen LogP contribution in [0.2, 0.25) is 0 Å². The zero-order valence-electron chi connectivity index (χ0n) is 16.3. The molecule has 2 aromatic carbocycles. The number of nitro benzene ring substituents is 1. The zero-order chi connectivity index (χ0) is 22.2. The highest BCUT2D eigenvalue weighted by Gasteiger charge is 2.20. The number of hydrogen-bond donors (Lipinski definition) is 0. The Morgan fingerprint density at radius 2 is 1.87 bits per heavy atom. The summed E-state index contributed by atoms with van der Waals surface area (Å²) in [4.78, 5) is 24.8. The molecule has 0 saturated heterocycles. The Labute approximate surface area is 178 Å². The van der Waals surface area contributed by atoms with E-state index in [2.05, 4.69) is 0 Å². The van der Waals surface area contributed by atoms with E-state index in [-0.39, 0.29) is 30.0 Å². The summed E-state index contributed by atoms with van der Waals surface area (Å²) in [5, 5.41) is 29.4. The largest absolute Gasteiger partial charge is 0.457 e. The van der Waals surface area contributed by atoms with Crippen molar-refractivity contribution >= 4 is 23.4 Å². The lowest BCUT2D eigenvalue weighted by Crippen LogP contribution is -2.32. The molecular formula is C23H16N4O4. The molecule has 0 atom stereocenters. The molecular weight excluding hydrogens is 396 g/mol. The van der Waals surface area contributed by atoms with Crippen LogP contribution in [0.5, 0.6) is 0 Å². The van der Waals surface area contributed by atoms with Gasteiger partial charge in [0.1, 0.15) is 23.2 Å². The molecule has 0 aliphatic carbocycles. The van der Waals surface area contributed by atoms with Crippen molar-refractivity contribution in [1.82, 2.24) is 0 Å². The molecule has 8 nitrogen and oxygen atoms in total. The minimum absolute atomic E-state index is 0.0742. The third kappa shape index (κ3) is 5.03. The average Bonchev–Trinajstić information content (AvgIpc) is 3.27. The van der Waals surface area contributed by atoms with Crippen LogP contribution in [0.4, 0.5) is 11.4 Å². The van der Waals surface area contributed by atoms with Gasteiger partial charge in [0.15, 0.2) is 0 Å². The molecule has 1 amide bonds. The number of non-ortho nitro benzene ring substituents is 1. The van der Waals surface area contributed by atoms with Gasteiger partial charge in [0, 0.05) is 36.0 Å². The van der Waals surface area contributed by atoms with E-state index in [9.17, 15) is 20.2 Å². The molecule has 31 heavy (non-hydrogen) atoms. The van der Waals surface area contributed by atoms with Crippen LogP contribution in [-0.4, -0.2) is 17.4 Å². The van der Waals surface area contributed by atoms with E-state index in [1.54, 1.807) is 54.6 Å². The summed E-state index contributed by atoms with van der Waals surface area (Å²) in [6.45, 7) is 0.134. The van der Waals surface area contributed by atoms with Crippen LogP contribution in [0.25, 0.3) is 17.4 Å². The number of amides is 1. The summed E-state index contributed by atoms with van der Waals surface area (Å²) in [5.74, 6) is 0.0565. The Bertz CT molecular complexity index is 1220. The maximum atomic E-state index is 13.0. The normalized spacial score (nSPS) is 10.7. The number of hydrogen-bond acceptors (Lipinski definition) is 6. The Morgan fingerprint density at radius 1 is 1.10 bits per heavy atom. The van der Waals surface area contributed by atoms with E-state index in [0.717, 1.165) is 0 Å². The van der Waals surface area contributed by atoms with Gasteiger partial charge in [-0.25, -0.2) is 0 Å². The lowest BCUT2D eigenvalue weighted by Gasteiger charge is -2.21. The lowest BCUT2D eigenvalue weighted by atomic mass is 10.1. The molecule has 3 rings (SSSR count). The molecule has 0 bridgehead atoms. The van der Waals surface area contributed by atoms with Crippen molar-refractivity contribution in [3.8, 4) is 23.5 Å². The van der Waals surface area contributed by atoms with Crippen LogP contribution >= 0.6 is 0 Å². The fourth-order valence-corrected chi connectivity index (χ4v) is 2.91. The number of nitro groups is 1. The number of anilines is 1. The van der Waals surface area contributed by atoms with Crippen molar-refractivity contribution in [2.24, 2.45) is 0 Å². The molecule has 1 heterocycles. The summed E-state index contributed by atoms with van der Waals surface area (Å²) in [6.07, 6.45) is 1.42. The second-order valence-corrected chi connectivity index (χ2v) is 6.38. The molecule has 0 fully saturated rings. The van der Waals surface area contributed by atoms with E-state index >= 15 is 0 Å². The number of nitriles is 2. The van der Waals surface area contributed by atoms with Crippen molar-refractivity contribution in [3.05, 3.63) is 88.2 Å². The smallest absolute Gasteiger partial charge is 0.270 e. The SMILES string of the molecule is N#CCCN(C(=O)/C(C#N)=C/c1ccc(-c2cccc([N+](=O)[O-])c2)o1)c1ccccc1. The lowest BCUT2D eigenvalue weighted by molar-refractivity contribution is -0.384. The summed E-state index contributed by atoms with van der Waals surface area (Å²) < 4.78 is 5.68. The van der Waals surface area contributed by atoms with E-state index in [1.807, 2.05) is 12.1 Å². The van der Waals surface area contributed by atoms with Crippen molar-refractivity contribution in [2.45, 2.75) is 6.42 Å². The Hall–Kier alpha value is -4.69. The molecule has 0 N–H and O–H groups in total. The molecule has 152 valence electrons. The third-order valence-corrected chi connectivity index (χ3v) is 4.37. The van der Waals surface area contributed by atoms with Crippen molar-refractivity contribution in [3.63, 3.8) is 0 Å². The van der Waals surface area contributed by atoms with E-state index in [0.29, 0.717) is 17.0 Å². The molecule has 0 spiro atoms. The van der Waals surface area contributed by atoms with Gasteiger partial charge in [-0.3, -0.25) is 14.9 Å². The average molecular weight is 412 g/mol. The van der Waals surface area contributed by atoms with Crippen LogP contribution < -0.4 is 4.90 Å². The van der Waals surface area contributed by atoms with Gasteiger partial charge in [-0.05, 0) is 24.3 Å². The first-order chi connectivity index (χ1) is 15.0. The number of benzene rings is 2. The van der Waals surface area contributed by atoms with E-state index in [1.165, 1.54) is 23.1 Å². The zero-order valence-corrected chi connectivity index (χ0v) is 16.3. The van der Waals surface area contributed by atoms with Gasteiger partial charge >= 0.3 is 0 Å². The second-order valence-electron chi connectivity index (χ2n) is 6.38. The maximum absolute atomic E-state index is 13.0. The number of para-hydroxylation sites is 1. The Morgan fingerprint density at radius 3 is 2.55 bits per heavy atom. The number of nitrogens with zero attached hydrogens (tertiary/aromatic N) is 4. The molecule has 3 aromatic rings. The summed E-state index contributed by atoms with van der Waals surface area (Å²) in [5.41, 5.74) is 0.830. The minimum atomic E-state index is -0.558. The van der Waals surface area contributed by atoms with Crippen LogP contribution in [0.15, 0.2) is 76.7 Å². The van der Waals surface area contributed by atoms with Gasteiger partial charge < -0.3 is 9.32 Å². The predicted octanol–water partition coefficient (Wildman–Crippen LogP) is 4.71. The van der Waals surface area contributed by atoms with Gasteiger partial charge in [0.2, 0.25) is 0 Å². The molecule has 0 saturated carbocycles. The standard InChI is InChI=1S/C23H16N4O4/c24-12-5-13-26(19-7-2-1-3-8-19)23(28)18(16-25)15-21-10-11-22(31-21)17-6-4-9-20(14-17)27(29)30/h1-4,6-11,14-15H,5,13H2/b18-15+. The van der Waals surface area contributed by atoms with Gasteiger partial charge in [0.25, 0.3) is 11.6 Å². The van der Waals surface area contributed by atoms with Crippen LogP contribution in [-0.2, 0) is 4.79 Å².